The van der Waals surface area contributed by atoms with Gasteiger partial charge in [0.2, 0.25) is 0 Å². The van der Waals surface area contributed by atoms with Gasteiger partial charge in [-0.3, -0.25) is 4.99 Å². The highest BCUT2D eigenvalue weighted by Crippen LogP contribution is 2.48. The number of rotatable bonds is 5. The predicted molar refractivity (Wildman–Crippen MR) is 98.3 cm³/mol. The summed E-state index contributed by atoms with van der Waals surface area (Å²) >= 11 is 0. The SMILES string of the molecule is CN=C(NCC(C1CC1)C1CC1)N1CCN(c2ccccn2)CC1. The van der Waals surface area contributed by atoms with Crippen molar-refractivity contribution in [1.82, 2.24) is 15.2 Å². The van der Waals surface area contributed by atoms with Gasteiger partial charge in [-0.1, -0.05) is 6.07 Å². The Kier molecular flexibility index (Phi) is 4.58. The highest BCUT2D eigenvalue weighted by Gasteiger charge is 2.41. The molecule has 5 nitrogen and oxygen atoms in total. The standard InChI is InChI=1S/C19H29N5/c1-20-19(22-14-17(15-5-6-15)16-7-8-16)24-12-10-23(11-13-24)18-4-2-3-9-21-18/h2-4,9,15-17H,5-8,10-14H2,1H3,(H,20,22). The van der Waals surface area contributed by atoms with Crippen molar-refractivity contribution < 1.29 is 0 Å². The largest absolute Gasteiger partial charge is 0.356 e. The molecule has 2 aliphatic carbocycles. The fourth-order valence-corrected chi connectivity index (χ4v) is 4.00. The molecule has 4 rings (SSSR count). The summed E-state index contributed by atoms with van der Waals surface area (Å²) in [7, 11) is 1.91. The molecule has 2 saturated carbocycles. The van der Waals surface area contributed by atoms with Gasteiger partial charge < -0.3 is 15.1 Å². The van der Waals surface area contributed by atoms with Crippen molar-refractivity contribution in [3.8, 4) is 0 Å². The number of aliphatic imine (C=N–C) groups is 1. The van der Waals surface area contributed by atoms with Gasteiger partial charge in [-0.15, -0.1) is 0 Å². The van der Waals surface area contributed by atoms with Crippen molar-refractivity contribution in [3.63, 3.8) is 0 Å². The molecule has 0 unspecified atom stereocenters. The number of nitrogens with zero attached hydrogens (tertiary/aromatic N) is 4. The van der Waals surface area contributed by atoms with Crippen LogP contribution in [0, 0.1) is 17.8 Å². The maximum atomic E-state index is 4.54. The van der Waals surface area contributed by atoms with E-state index in [1.807, 2.05) is 19.3 Å². The lowest BCUT2D eigenvalue weighted by Gasteiger charge is -2.37. The van der Waals surface area contributed by atoms with Crippen molar-refractivity contribution in [2.24, 2.45) is 22.7 Å². The van der Waals surface area contributed by atoms with Gasteiger partial charge in [0.25, 0.3) is 0 Å². The van der Waals surface area contributed by atoms with E-state index in [1.54, 1.807) is 0 Å². The zero-order chi connectivity index (χ0) is 16.4. The van der Waals surface area contributed by atoms with Crippen LogP contribution in [0.3, 0.4) is 0 Å². The number of hydrogen-bond donors (Lipinski definition) is 1. The van der Waals surface area contributed by atoms with Crippen LogP contribution in [0.15, 0.2) is 29.4 Å². The van der Waals surface area contributed by atoms with Crippen molar-refractivity contribution >= 4 is 11.8 Å². The molecule has 0 spiro atoms. The molecule has 0 aromatic carbocycles. The summed E-state index contributed by atoms with van der Waals surface area (Å²) in [6.07, 6.45) is 7.67. The highest BCUT2D eigenvalue weighted by atomic mass is 15.4. The maximum absolute atomic E-state index is 4.54. The second-order valence-electron chi connectivity index (χ2n) is 7.43. The number of pyridine rings is 1. The number of hydrogen-bond acceptors (Lipinski definition) is 3. The molecule has 5 heteroatoms. The monoisotopic (exact) mass is 327 g/mol. The first-order valence-corrected chi connectivity index (χ1v) is 9.46. The zero-order valence-electron chi connectivity index (χ0n) is 14.7. The van der Waals surface area contributed by atoms with Gasteiger partial charge >= 0.3 is 0 Å². The molecular formula is C19H29N5. The summed E-state index contributed by atoms with van der Waals surface area (Å²) in [5.41, 5.74) is 0. The molecule has 1 saturated heterocycles. The Bertz CT molecular complexity index is 544. The van der Waals surface area contributed by atoms with Crippen LogP contribution in [-0.4, -0.2) is 55.6 Å². The van der Waals surface area contributed by atoms with Crippen LogP contribution in [0.4, 0.5) is 5.82 Å². The Morgan fingerprint density at radius 2 is 1.88 bits per heavy atom. The fraction of sp³-hybridized carbons (Fsp3) is 0.684. The number of nitrogens with one attached hydrogen (secondary N) is 1. The van der Waals surface area contributed by atoms with E-state index in [9.17, 15) is 0 Å². The molecule has 2 heterocycles. The van der Waals surface area contributed by atoms with Crippen molar-refractivity contribution in [3.05, 3.63) is 24.4 Å². The molecule has 0 radical (unpaired) electrons. The lowest BCUT2D eigenvalue weighted by atomic mass is 9.98. The van der Waals surface area contributed by atoms with Gasteiger partial charge in [0.05, 0.1) is 0 Å². The minimum absolute atomic E-state index is 0.886. The van der Waals surface area contributed by atoms with E-state index in [2.05, 4.69) is 37.2 Å². The molecule has 130 valence electrons. The molecule has 3 aliphatic rings. The lowest BCUT2D eigenvalue weighted by molar-refractivity contribution is 0.353. The van der Waals surface area contributed by atoms with Gasteiger partial charge in [0.15, 0.2) is 5.96 Å². The third kappa shape index (κ3) is 3.65. The smallest absolute Gasteiger partial charge is 0.193 e. The number of aromatic nitrogens is 1. The van der Waals surface area contributed by atoms with E-state index < -0.39 is 0 Å². The van der Waals surface area contributed by atoms with Crippen molar-refractivity contribution in [2.45, 2.75) is 25.7 Å². The Morgan fingerprint density at radius 1 is 1.17 bits per heavy atom. The quantitative estimate of drug-likeness (QED) is 0.665. The number of guanidine groups is 1. The highest BCUT2D eigenvalue weighted by molar-refractivity contribution is 5.80. The van der Waals surface area contributed by atoms with Crippen LogP contribution >= 0.6 is 0 Å². The minimum atomic E-state index is 0.886. The van der Waals surface area contributed by atoms with E-state index in [0.29, 0.717) is 0 Å². The molecule has 1 aromatic rings. The van der Waals surface area contributed by atoms with Crippen LogP contribution in [0.1, 0.15) is 25.7 Å². The first-order chi connectivity index (χ1) is 11.8. The summed E-state index contributed by atoms with van der Waals surface area (Å²) in [4.78, 5) is 13.8. The topological polar surface area (TPSA) is 43.8 Å². The molecule has 0 amide bonds. The van der Waals surface area contributed by atoms with Crippen LogP contribution in [0.25, 0.3) is 0 Å². The summed E-state index contributed by atoms with van der Waals surface area (Å²) in [6, 6.07) is 6.13. The third-order valence-corrected chi connectivity index (χ3v) is 5.72. The Balaban J connectivity index is 1.28. The summed E-state index contributed by atoms with van der Waals surface area (Å²) in [5.74, 6) is 5.04. The average Bonchev–Trinajstić information content (AvgIpc) is 3.54. The van der Waals surface area contributed by atoms with Gasteiger partial charge in [-0.2, -0.15) is 0 Å². The third-order valence-electron chi connectivity index (χ3n) is 5.72. The first-order valence-electron chi connectivity index (χ1n) is 9.46. The molecule has 0 atom stereocenters. The van der Waals surface area contributed by atoms with Gasteiger partial charge in [-0.25, -0.2) is 4.98 Å². The molecule has 0 bridgehead atoms. The van der Waals surface area contributed by atoms with Crippen LogP contribution in [-0.2, 0) is 0 Å². The maximum Gasteiger partial charge on any atom is 0.193 e. The summed E-state index contributed by atoms with van der Waals surface area (Å²) in [5, 5.41) is 3.68. The predicted octanol–water partition coefficient (Wildman–Crippen LogP) is 2.22. The van der Waals surface area contributed by atoms with Gasteiger partial charge in [0.1, 0.15) is 5.82 Å². The lowest BCUT2D eigenvalue weighted by Crippen LogP contribution is -2.53. The molecule has 1 N–H and O–H groups in total. The van der Waals surface area contributed by atoms with E-state index >= 15 is 0 Å². The molecular weight excluding hydrogens is 298 g/mol. The second-order valence-corrected chi connectivity index (χ2v) is 7.43. The van der Waals surface area contributed by atoms with Gasteiger partial charge in [0, 0.05) is 46.0 Å². The molecule has 1 aromatic heterocycles. The number of piperazine rings is 1. The van der Waals surface area contributed by atoms with Crippen molar-refractivity contribution in [2.75, 3.05) is 44.7 Å². The normalized spacial score (nSPS) is 22.2. The minimum Gasteiger partial charge on any atom is -0.356 e. The summed E-state index contributed by atoms with van der Waals surface area (Å²) in [6.45, 7) is 5.14. The zero-order valence-corrected chi connectivity index (χ0v) is 14.7. The van der Waals surface area contributed by atoms with Crippen LogP contribution < -0.4 is 10.2 Å². The van der Waals surface area contributed by atoms with E-state index in [0.717, 1.165) is 62.3 Å². The van der Waals surface area contributed by atoms with Crippen LogP contribution in [0.2, 0.25) is 0 Å². The van der Waals surface area contributed by atoms with E-state index in [-0.39, 0.29) is 0 Å². The first kappa shape index (κ1) is 15.7. The van der Waals surface area contributed by atoms with Gasteiger partial charge in [-0.05, 0) is 55.6 Å². The van der Waals surface area contributed by atoms with E-state index in [4.69, 9.17) is 0 Å². The molecule has 1 aliphatic heterocycles. The Morgan fingerprint density at radius 3 is 2.42 bits per heavy atom. The second kappa shape index (κ2) is 6.99. The fourth-order valence-electron chi connectivity index (χ4n) is 4.00. The average molecular weight is 327 g/mol. The Labute approximate surface area is 145 Å². The Hall–Kier alpha value is -1.78. The van der Waals surface area contributed by atoms with E-state index in [1.165, 1.54) is 25.7 Å². The summed E-state index contributed by atoms with van der Waals surface area (Å²) < 4.78 is 0. The van der Waals surface area contributed by atoms with Crippen LogP contribution in [0.5, 0.6) is 0 Å². The van der Waals surface area contributed by atoms with Crippen molar-refractivity contribution in [1.29, 1.82) is 0 Å². The molecule has 3 fully saturated rings. The number of anilines is 1. The molecule has 24 heavy (non-hydrogen) atoms.